The molecule has 1 aliphatic heterocycles. The molecule has 0 aliphatic carbocycles. The highest BCUT2D eigenvalue weighted by Crippen LogP contribution is 2.25. The van der Waals surface area contributed by atoms with Crippen LogP contribution in [0.2, 0.25) is 0 Å². The Hall–Kier alpha value is -1.97. The van der Waals surface area contributed by atoms with Crippen molar-refractivity contribution >= 4 is 22.4 Å². The van der Waals surface area contributed by atoms with E-state index in [0.717, 1.165) is 29.7 Å². The van der Waals surface area contributed by atoms with Crippen molar-refractivity contribution in [3.63, 3.8) is 0 Å². The van der Waals surface area contributed by atoms with E-state index < -0.39 is 0 Å². The van der Waals surface area contributed by atoms with Gasteiger partial charge in [-0.3, -0.25) is 4.79 Å². The van der Waals surface area contributed by atoms with Crippen LogP contribution in [0.25, 0.3) is 10.9 Å². The van der Waals surface area contributed by atoms with Crippen molar-refractivity contribution in [1.29, 1.82) is 0 Å². The highest BCUT2D eigenvalue weighted by Gasteiger charge is 2.18. The number of aromatic nitrogens is 2. The Morgan fingerprint density at radius 3 is 2.71 bits per heavy atom. The number of anilines is 1. The van der Waals surface area contributed by atoms with E-state index in [-0.39, 0.29) is 0 Å². The number of rotatable bonds is 1. The second-order valence-corrected chi connectivity index (χ2v) is 4.27. The van der Waals surface area contributed by atoms with Gasteiger partial charge < -0.3 is 4.90 Å². The molecule has 0 unspecified atom stereocenters. The summed E-state index contributed by atoms with van der Waals surface area (Å²) in [6.45, 7) is 1.57. The molecule has 0 N–H and O–H groups in total. The number of benzene rings is 1. The Balaban J connectivity index is 2.02. The molecule has 1 aliphatic rings. The summed E-state index contributed by atoms with van der Waals surface area (Å²) in [5.74, 6) is 0.354. The molecule has 1 aromatic heterocycles. The Morgan fingerprint density at radius 2 is 1.88 bits per heavy atom. The van der Waals surface area contributed by atoms with Gasteiger partial charge in [0, 0.05) is 31.3 Å². The lowest BCUT2D eigenvalue weighted by Crippen LogP contribution is -2.33. The van der Waals surface area contributed by atoms with Crippen LogP contribution < -0.4 is 4.90 Å². The Labute approximate surface area is 99.3 Å². The van der Waals surface area contributed by atoms with Crippen LogP contribution in [0, 0.1) is 0 Å². The summed E-state index contributed by atoms with van der Waals surface area (Å²) < 4.78 is 0. The number of Topliss-reactive ketones (excluding diaryl/α,β-unsaturated/α-hetero) is 1. The van der Waals surface area contributed by atoms with Crippen LogP contribution in [-0.2, 0) is 4.79 Å². The Morgan fingerprint density at radius 1 is 1.12 bits per heavy atom. The van der Waals surface area contributed by atoms with Crippen molar-refractivity contribution in [2.24, 2.45) is 0 Å². The van der Waals surface area contributed by atoms with Gasteiger partial charge in [0.05, 0.1) is 17.4 Å². The van der Waals surface area contributed by atoms with Crippen molar-refractivity contribution < 1.29 is 4.79 Å². The lowest BCUT2D eigenvalue weighted by molar-refractivity contribution is -0.119. The van der Waals surface area contributed by atoms with Crippen LogP contribution in [0.1, 0.15) is 12.8 Å². The molecule has 17 heavy (non-hydrogen) atoms. The third-order valence-corrected chi connectivity index (χ3v) is 3.19. The van der Waals surface area contributed by atoms with Gasteiger partial charge in [0.25, 0.3) is 0 Å². The van der Waals surface area contributed by atoms with E-state index in [1.165, 1.54) is 0 Å². The summed E-state index contributed by atoms with van der Waals surface area (Å²) in [5.41, 5.74) is 1.99. The molecule has 86 valence electrons. The minimum Gasteiger partial charge on any atom is -0.369 e. The van der Waals surface area contributed by atoms with Crippen LogP contribution in [0.5, 0.6) is 0 Å². The molecule has 4 nitrogen and oxygen atoms in total. The fourth-order valence-electron chi connectivity index (χ4n) is 2.24. The van der Waals surface area contributed by atoms with E-state index in [0.29, 0.717) is 18.6 Å². The highest BCUT2D eigenvalue weighted by molar-refractivity contribution is 5.91. The van der Waals surface area contributed by atoms with Gasteiger partial charge in [0.2, 0.25) is 0 Å². The van der Waals surface area contributed by atoms with Crippen molar-refractivity contribution in [2.75, 3.05) is 18.0 Å². The summed E-state index contributed by atoms with van der Waals surface area (Å²) in [6.07, 6.45) is 3.06. The molecule has 1 aromatic carbocycles. The first kappa shape index (κ1) is 10.2. The normalized spacial score (nSPS) is 16.5. The predicted octanol–water partition coefficient (Wildman–Crippen LogP) is 1.80. The zero-order valence-corrected chi connectivity index (χ0v) is 9.47. The molecule has 0 radical (unpaired) electrons. The number of carbonyl (C=O) groups is 1. The van der Waals surface area contributed by atoms with Gasteiger partial charge in [0.15, 0.2) is 0 Å². The smallest absolute Gasteiger partial charge is 0.136 e. The highest BCUT2D eigenvalue weighted by atomic mass is 16.1. The Kier molecular flexibility index (Phi) is 2.48. The average molecular weight is 227 g/mol. The third-order valence-electron chi connectivity index (χ3n) is 3.19. The molecule has 3 rings (SSSR count). The minimum atomic E-state index is 0.354. The quantitative estimate of drug-likeness (QED) is 0.745. The molecule has 0 spiro atoms. The van der Waals surface area contributed by atoms with E-state index in [1.54, 1.807) is 6.20 Å². The molecular weight excluding hydrogens is 214 g/mol. The van der Waals surface area contributed by atoms with Crippen LogP contribution in [-0.4, -0.2) is 29.1 Å². The molecule has 2 heterocycles. The summed E-state index contributed by atoms with van der Waals surface area (Å²) in [6, 6.07) is 7.97. The van der Waals surface area contributed by atoms with Crippen LogP contribution in [0.3, 0.4) is 0 Å². The second-order valence-electron chi connectivity index (χ2n) is 4.27. The lowest BCUT2D eigenvalue weighted by atomic mass is 10.1. The largest absolute Gasteiger partial charge is 0.369 e. The molecule has 0 amide bonds. The summed E-state index contributed by atoms with van der Waals surface area (Å²) in [5, 5.41) is 9.25. The zero-order valence-electron chi connectivity index (χ0n) is 9.47. The van der Waals surface area contributed by atoms with Crippen molar-refractivity contribution in [2.45, 2.75) is 12.8 Å². The number of hydrogen-bond donors (Lipinski definition) is 0. The van der Waals surface area contributed by atoms with Crippen molar-refractivity contribution in [1.82, 2.24) is 10.2 Å². The van der Waals surface area contributed by atoms with E-state index in [9.17, 15) is 4.79 Å². The first-order chi connectivity index (χ1) is 8.34. The fourth-order valence-corrected chi connectivity index (χ4v) is 2.24. The van der Waals surface area contributed by atoms with Crippen LogP contribution in [0.4, 0.5) is 5.69 Å². The summed E-state index contributed by atoms with van der Waals surface area (Å²) >= 11 is 0. The average Bonchev–Trinajstić information content (AvgIpc) is 2.39. The number of hydrogen-bond acceptors (Lipinski definition) is 4. The lowest BCUT2D eigenvalue weighted by Gasteiger charge is -2.28. The number of fused-ring (bicyclic) bond motifs is 1. The number of nitrogens with zero attached hydrogens (tertiary/aromatic N) is 3. The monoisotopic (exact) mass is 227 g/mol. The van der Waals surface area contributed by atoms with Gasteiger partial charge in [-0.2, -0.15) is 10.2 Å². The molecular formula is C13H13N3O. The molecule has 2 aromatic rings. The predicted molar refractivity (Wildman–Crippen MR) is 66.0 cm³/mol. The Bertz CT molecular complexity index is 552. The maximum Gasteiger partial charge on any atom is 0.136 e. The first-order valence-corrected chi connectivity index (χ1v) is 5.82. The molecule has 0 saturated carbocycles. The van der Waals surface area contributed by atoms with Gasteiger partial charge in [-0.15, -0.1) is 0 Å². The van der Waals surface area contributed by atoms with Gasteiger partial charge in [-0.05, 0) is 6.07 Å². The molecule has 1 fully saturated rings. The zero-order chi connectivity index (χ0) is 11.7. The van der Waals surface area contributed by atoms with Gasteiger partial charge >= 0.3 is 0 Å². The number of carbonyl (C=O) groups excluding carboxylic acids is 1. The van der Waals surface area contributed by atoms with E-state index in [1.807, 2.05) is 18.2 Å². The van der Waals surface area contributed by atoms with Crippen molar-refractivity contribution in [3.05, 3.63) is 30.5 Å². The minimum absolute atomic E-state index is 0.354. The van der Waals surface area contributed by atoms with Gasteiger partial charge in [0.1, 0.15) is 5.78 Å². The molecule has 1 saturated heterocycles. The van der Waals surface area contributed by atoms with Crippen molar-refractivity contribution in [3.8, 4) is 0 Å². The van der Waals surface area contributed by atoms with Gasteiger partial charge in [-0.1, -0.05) is 18.2 Å². The van der Waals surface area contributed by atoms with Gasteiger partial charge in [-0.25, -0.2) is 0 Å². The topological polar surface area (TPSA) is 46.1 Å². The third kappa shape index (κ3) is 1.86. The first-order valence-electron chi connectivity index (χ1n) is 5.82. The fraction of sp³-hybridized carbons (Fsp3) is 0.308. The van der Waals surface area contributed by atoms with E-state index in [4.69, 9.17) is 0 Å². The van der Waals surface area contributed by atoms with E-state index in [2.05, 4.69) is 21.2 Å². The van der Waals surface area contributed by atoms with E-state index >= 15 is 0 Å². The molecule has 0 atom stereocenters. The van der Waals surface area contributed by atoms with Crippen LogP contribution in [0.15, 0.2) is 30.5 Å². The maximum atomic E-state index is 11.2. The number of piperidine rings is 1. The van der Waals surface area contributed by atoms with Crippen LogP contribution >= 0.6 is 0 Å². The number of ketones is 1. The molecule has 0 bridgehead atoms. The maximum absolute atomic E-state index is 11.2. The standard InChI is InChI=1S/C13H13N3O/c17-10-5-7-16(8-6-10)13-9-14-15-12-4-2-1-3-11(12)13/h1-4,9H,5-8H2. The summed E-state index contributed by atoms with van der Waals surface area (Å²) in [4.78, 5) is 13.5. The second kappa shape index (κ2) is 4.13. The SMILES string of the molecule is O=C1CCN(c2cnnc3ccccc23)CC1. The summed E-state index contributed by atoms with van der Waals surface area (Å²) in [7, 11) is 0. The molecule has 4 heteroatoms.